The topological polar surface area (TPSA) is 21.3 Å². The molecule has 1 fully saturated rings. The zero-order valence-corrected chi connectivity index (χ0v) is 11.2. The lowest BCUT2D eigenvalue weighted by molar-refractivity contribution is 0.176. The van der Waals surface area contributed by atoms with Crippen molar-refractivity contribution in [1.29, 1.82) is 0 Å². The molecule has 18 heavy (non-hydrogen) atoms. The van der Waals surface area contributed by atoms with Crippen molar-refractivity contribution in [3.8, 4) is 0 Å². The van der Waals surface area contributed by atoms with Gasteiger partial charge >= 0.3 is 0 Å². The molecule has 1 saturated heterocycles. The summed E-state index contributed by atoms with van der Waals surface area (Å²) in [5.74, 6) is 0.372. The maximum absolute atomic E-state index is 13.3. The van der Waals surface area contributed by atoms with Crippen LogP contribution in [0.4, 0.5) is 4.39 Å². The summed E-state index contributed by atoms with van der Waals surface area (Å²) in [6.45, 7) is 6.61. The third-order valence-corrected chi connectivity index (χ3v) is 3.59. The third-order valence-electron chi connectivity index (χ3n) is 3.59. The Morgan fingerprint density at radius 1 is 1.50 bits per heavy atom. The van der Waals surface area contributed by atoms with E-state index in [4.69, 9.17) is 4.74 Å². The van der Waals surface area contributed by atoms with E-state index in [9.17, 15) is 4.39 Å². The largest absolute Gasteiger partial charge is 0.381 e. The SMILES string of the molecule is CCCNC(c1ccc(F)c(C)c1)C1CCOC1. The van der Waals surface area contributed by atoms with Crippen molar-refractivity contribution in [3.05, 3.63) is 35.1 Å². The molecule has 2 nitrogen and oxygen atoms in total. The van der Waals surface area contributed by atoms with Crippen LogP contribution in [0, 0.1) is 18.7 Å². The van der Waals surface area contributed by atoms with Crippen molar-refractivity contribution < 1.29 is 9.13 Å². The first-order valence-corrected chi connectivity index (χ1v) is 6.79. The van der Waals surface area contributed by atoms with E-state index in [1.165, 1.54) is 5.56 Å². The minimum absolute atomic E-state index is 0.129. The number of hydrogen-bond acceptors (Lipinski definition) is 2. The molecule has 0 radical (unpaired) electrons. The van der Waals surface area contributed by atoms with E-state index in [2.05, 4.69) is 12.2 Å². The normalized spacial score (nSPS) is 21.2. The lowest BCUT2D eigenvalue weighted by atomic mass is 9.91. The number of rotatable bonds is 5. The van der Waals surface area contributed by atoms with Crippen LogP contribution < -0.4 is 5.32 Å². The average molecular weight is 251 g/mol. The summed E-state index contributed by atoms with van der Waals surface area (Å²) in [7, 11) is 0. The molecule has 2 atom stereocenters. The minimum atomic E-state index is -0.129. The highest BCUT2D eigenvalue weighted by atomic mass is 19.1. The molecule has 2 rings (SSSR count). The van der Waals surface area contributed by atoms with Gasteiger partial charge in [0.25, 0.3) is 0 Å². The third kappa shape index (κ3) is 3.09. The zero-order valence-electron chi connectivity index (χ0n) is 11.2. The van der Waals surface area contributed by atoms with Crippen LogP contribution >= 0.6 is 0 Å². The second-order valence-corrected chi connectivity index (χ2v) is 5.06. The summed E-state index contributed by atoms with van der Waals surface area (Å²) in [4.78, 5) is 0. The van der Waals surface area contributed by atoms with Crippen LogP contribution in [-0.2, 0) is 4.74 Å². The first-order chi connectivity index (χ1) is 8.72. The molecule has 1 N–H and O–H groups in total. The first kappa shape index (κ1) is 13.5. The lowest BCUT2D eigenvalue weighted by Gasteiger charge is -2.24. The van der Waals surface area contributed by atoms with Gasteiger partial charge in [0, 0.05) is 18.6 Å². The molecule has 0 amide bonds. The molecule has 2 unspecified atom stereocenters. The smallest absolute Gasteiger partial charge is 0.126 e. The molecule has 1 aliphatic heterocycles. The molecule has 3 heteroatoms. The van der Waals surface area contributed by atoms with E-state index < -0.39 is 0 Å². The Balaban J connectivity index is 2.17. The molecule has 0 aliphatic carbocycles. The number of nitrogens with one attached hydrogen (secondary N) is 1. The fourth-order valence-electron chi connectivity index (χ4n) is 2.53. The molecule has 0 bridgehead atoms. The average Bonchev–Trinajstić information content (AvgIpc) is 2.88. The zero-order chi connectivity index (χ0) is 13.0. The minimum Gasteiger partial charge on any atom is -0.381 e. The quantitative estimate of drug-likeness (QED) is 0.867. The summed E-state index contributed by atoms with van der Waals surface area (Å²) in [6, 6.07) is 5.71. The van der Waals surface area contributed by atoms with Gasteiger partial charge in [-0.15, -0.1) is 0 Å². The van der Waals surface area contributed by atoms with Gasteiger partial charge < -0.3 is 10.1 Å². The summed E-state index contributed by atoms with van der Waals surface area (Å²) >= 11 is 0. The van der Waals surface area contributed by atoms with Gasteiger partial charge in [-0.2, -0.15) is 0 Å². The number of benzene rings is 1. The first-order valence-electron chi connectivity index (χ1n) is 6.79. The molecule has 1 aliphatic rings. The van der Waals surface area contributed by atoms with Gasteiger partial charge in [-0.1, -0.05) is 19.1 Å². The highest BCUT2D eigenvalue weighted by Gasteiger charge is 2.26. The van der Waals surface area contributed by atoms with Gasteiger partial charge in [-0.25, -0.2) is 4.39 Å². The van der Waals surface area contributed by atoms with Crippen molar-refractivity contribution >= 4 is 0 Å². The Bertz CT molecular complexity index is 388. The van der Waals surface area contributed by atoms with Crippen molar-refractivity contribution in [2.75, 3.05) is 19.8 Å². The van der Waals surface area contributed by atoms with Gasteiger partial charge in [0.15, 0.2) is 0 Å². The Morgan fingerprint density at radius 3 is 2.94 bits per heavy atom. The molecule has 1 heterocycles. The molecule has 100 valence electrons. The highest BCUT2D eigenvalue weighted by Crippen LogP contribution is 2.29. The fraction of sp³-hybridized carbons (Fsp3) is 0.600. The fourth-order valence-corrected chi connectivity index (χ4v) is 2.53. The van der Waals surface area contributed by atoms with Crippen molar-refractivity contribution in [2.24, 2.45) is 5.92 Å². The lowest BCUT2D eigenvalue weighted by Crippen LogP contribution is -2.29. The molecule has 0 aromatic heterocycles. The number of hydrogen-bond donors (Lipinski definition) is 1. The van der Waals surface area contributed by atoms with Crippen molar-refractivity contribution in [2.45, 2.75) is 32.7 Å². The second-order valence-electron chi connectivity index (χ2n) is 5.06. The Hall–Kier alpha value is -0.930. The maximum atomic E-state index is 13.3. The second kappa shape index (κ2) is 6.30. The predicted octanol–water partition coefficient (Wildman–Crippen LogP) is 3.21. The maximum Gasteiger partial charge on any atom is 0.126 e. The van der Waals surface area contributed by atoms with Gasteiger partial charge in [0.2, 0.25) is 0 Å². The Kier molecular flexibility index (Phi) is 4.72. The Morgan fingerprint density at radius 2 is 2.33 bits per heavy atom. The molecular weight excluding hydrogens is 229 g/mol. The highest BCUT2D eigenvalue weighted by molar-refractivity contribution is 5.27. The van der Waals surface area contributed by atoms with Crippen molar-refractivity contribution in [3.63, 3.8) is 0 Å². The molecule has 0 saturated carbocycles. The predicted molar refractivity (Wildman–Crippen MR) is 71.1 cm³/mol. The molecule has 0 spiro atoms. The molecule has 1 aromatic rings. The standard InChI is InChI=1S/C15H22FNO/c1-3-7-17-15(13-6-8-18-10-13)12-4-5-14(16)11(2)9-12/h4-5,9,13,15,17H,3,6-8,10H2,1-2H3. The number of ether oxygens (including phenoxy) is 1. The van der Waals surface area contributed by atoms with E-state index >= 15 is 0 Å². The van der Waals surface area contributed by atoms with E-state index in [-0.39, 0.29) is 11.9 Å². The van der Waals surface area contributed by atoms with Crippen LogP contribution in [-0.4, -0.2) is 19.8 Å². The van der Waals surface area contributed by atoms with Crippen LogP contribution in [0.5, 0.6) is 0 Å². The van der Waals surface area contributed by atoms with E-state index in [1.807, 2.05) is 19.1 Å². The van der Waals surface area contributed by atoms with Crippen molar-refractivity contribution in [1.82, 2.24) is 5.32 Å². The van der Waals surface area contributed by atoms with Gasteiger partial charge in [0.05, 0.1) is 6.61 Å². The number of halogens is 1. The van der Waals surface area contributed by atoms with E-state index in [1.54, 1.807) is 6.07 Å². The monoisotopic (exact) mass is 251 g/mol. The van der Waals surface area contributed by atoms with Crippen LogP contribution in [0.15, 0.2) is 18.2 Å². The molecule has 1 aromatic carbocycles. The van der Waals surface area contributed by atoms with Gasteiger partial charge in [-0.3, -0.25) is 0 Å². The Labute approximate surface area is 109 Å². The van der Waals surface area contributed by atoms with E-state index in [0.717, 1.165) is 38.2 Å². The van der Waals surface area contributed by atoms with E-state index in [0.29, 0.717) is 5.92 Å². The number of aryl methyl sites for hydroxylation is 1. The van der Waals surface area contributed by atoms with Gasteiger partial charge in [0.1, 0.15) is 5.82 Å². The van der Waals surface area contributed by atoms with Crippen LogP contribution in [0.25, 0.3) is 0 Å². The summed E-state index contributed by atoms with van der Waals surface area (Å²) in [6.07, 6.45) is 2.18. The van der Waals surface area contributed by atoms with Crippen LogP contribution in [0.1, 0.15) is 36.9 Å². The van der Waals surface area contributed by atoms with Crippen LogP contribution in [0.3, 0.4) is 0 Å². The summed E-state index contributed by atoms with van der Waals surface area (Å²) in [5, 5.41) is 3.57. The summed E-state index contributed by atoms with van der Waals surface area (Å²) in [5.41, 5.74) is 1.90. The van der Waals surface area contributed by atoms with Gasteiger partial charge in [-0.05, 0) is 43.5 Å². The van der Waals surface area contributed by atoms with Crippen LogP contribution in [0.2, 0.25) is 0 Å². The summed E-state index contributed by atoms with van der Waals surface area (Å²) < 4.78 is 18.8. The molecular formula is C15H22FNO.